The minimum atomic E-state index is -0.328. The van der Waals surface area contributed by atoms with E-state index in [1.54, 1.807) is 26.2 Å². The third-order valence-corrected chi connectivity index (χ3v) is 5.66. The number of benzene rings is 2. The maximum Gasteiger partial charge on any atom is 0.321 e. The van der Waals surface area contributed by atoms with Gasteiger partial charge in [-0.05, 0) is 68.8 Å². The average Bonchev–Trinajstić information content (AvgIpc) is 2.79. The molecule has 0 saturated carbocycles. The Bertz CT molecular complexity index is 902. The Balaban J connectivity index is 1.44. The highest BCUT2D eigenvalue weighted by atomic mass is 19.1. The summed E-state index contributed by atoms with van der Waals surface area (Å²) in [7, 11) is 3.39. The highest BCUT2D eigenvalue weighted by Crippen LogP contribution is 2.26. The van der Waals surface area contributed by atoms with E-state index in [1.807, 2.05) is 24.3 Å². The molecule has 0 spiro atoms. The standard InChI is InChI=1S/C25H32FN3O3/c1-28(2)25(31)27-22-8-3-4-10-24(22)32-18-19-7-5-15-29(17-19)16-6-9-23(30)20-11-13-21(26)14-12-20/h3-4,8,10-14,19H,5-7,9,15-18H2,1-2H3,(H,27,31). The van der Waals surface area contributed by atoms with Crippen molar-refractivity contribution in [1.29, 1.82) is 0 Å². The van der Waals surface area contributed by atoms with Gasteiger partial charge < -0.3 is 19.9 Å². The number of amides is 2. The number of ether oxygens (including phenoxy) is 1. The van der Waals surface area contributed by atoms with Crippen LogP contribution in [0.25, 0.3) is 0 Å². The summed E-state index contributed by atoms with van der Waals surface area (Å²) in [4.78, 5) is 28.1. The highest BCUT2D eigenvalue weighted by molar-refractivity contribution is 5.96. The Labute approximate surface area is 189 Å². The summed E-state index contributed by atoms with van der Waals surface area (Å²) in [6.45, 7) is 3.40. The molecule has 3 rings (SSSR count). The van der Waals surface area contributed by atoms with Crippen molar-refractivity contribution in [2.45, 2.75) is 25.7 Å². The lowest BCUT2D eigenvalue weighted by Crippen LogP contribution is -2.38. The lowest BCUT2D eigenvalue weighted by molar-refractivity contribution is 0.0961. The molecule has 0 aliphatic carbocycles. The van der Waals surface area contributed by atoms with Gasteiger partial charge in [-0.15, -0.1) is 0 Å². The lowest BCUT2D eigenvalue weighted by Gasteiger charge is -2.32. The van der Waals surface area contributed by atoms with Crippen molar-refractivity contribution in [3.8, 4) is 5.75 Å². The molecule has 1 aliphatic rings. The monoisotopic (exact) mass is 441 g/mol. The largest absolute Gasteiger partial charge is 0.491 e. The zero-order valence-corrected chi connectivity index (χ0v) is 18.9. The van der Waals surface area contributed by atoms with E-state index in [9.17, 15) is 14.0 Å². The number of carbonyl (C=O) groups is 2. The summed E-state index contributed by atoms with van der Waals surface area (Å²) in [5.74, 6) is 0.794. The minimum Gasteiger partial charge on any atom is -0.491 e. The second-order valence-corrected chi connectivity index (χ2v) is 8.47. The van der Waals surface area contributed by atoms with Gasteiger partial charge in [-0.25, -0.2) is 9.18 Å². The molecule has 32 heavy (non-hydrogen) atoms. The number of piperidine rings is 1. The van der Waals surface area contributed by atoms with Crippen LogP contribution in [0.2, 0.25) is 0 Å². The molecule has 0 aromatic heterocycles. The van der Waals surface area contributed by atoms with Crippen molar-refractivity contribution in [2.24, 2.45) is 5.92 Å². The van der Waals surface area contributed by atoms with E-state index in [2.05, 4.69) is 10.2 Å². The average molecular weight is 442 g/mol. The van der Waals surface area contributed by atoms with Gasteiger partial charge in [-0.1, -0.05) is 12.1 Å². The lowest BCUT2D eigenvalue weighted by atomic mass is 9.98. The van der Waals surface area contributed by atoms with Crippen molar-refractivity contribution in [1.82, 2.24) is 9.80 Å². The number of carbonyl (C=O) groups excluding carboxylic acids is 2. The zero-order valence-electron chi connectivity index (χ0n) is 18.9. The van der Waals surface area contributed by atoms with Gasteiger partial charge in [0.25, 0.3) is 0 Å². The fourth-order valence-electron chi connectivity index (χ4n) is 3.86. The summed E-state index contributed by atoms with van der Waals surface area (Å²) < 4.78 is 19.1. The van der Waals surface area contributed by atoms with Gasteiger partial charge in [0.1, 0.15) is 11.6 Å². The molecule has 1 fully saturated rings. The van der Waals surface area contributed by atoms with E-state index < -0.39 is 0 Å². The first-order chi connectivity index (χ1) is 15.4. The molecule has 1 heterocycles. The molecule has 2 aromatic rings. The fourth-order valence-corrected chi connectivity index (χ4v) is 3.86. The molecule has 1 unspecified atom stereocenters. The topological polar surface area (TPSA) is 61.9 Å². The zero-order chi connectivity index (χ0) is 22.9. The van der Waals surface area contributed by atoms with E-state index in [4.69, 9.17) is 4.74 Å². The summed E-state index contributed by atoms with van der Waals surface area (Å²) >= 11 is 0. The maximum atomic E-state index is 13.0. The van der Waals surface area contributed by atoms with Gasteiger partial charge in [0, 0.05) is 38.5 Å². The van der Waals surface area contributed by atoms with Gasteiger partial charge in [0.05, 0.1) is 12.3 Å². The first kappa shape index (κ1) is 23.7. The van der Waals surface area contributed by atoms with Crippen LogP contribution >= 0.6 is 0 Å². The Morgan fingerprint density at radius 1 is 1.16 bits per heavy atom. The van der Waals surface area contributed by atoms with E-state index in [1.165, 1.54) is 17.0 Å². The molecule has 2 amide bonds. The molecule has 0 radical (unpaired) electrons. The second kappa shape index (κ2) is 11.6. The van der Waals surface area contributed by atoms with Gasteiger partial charge in [0.2, 0.25) is 0 Å². The molecule has 172 valence electrons. The normalized spacial score (nSPS) is 16.4. The number of Topliss-reactive ketones (excluding diaryl/α,β-unsaturated/α-hetero) is 1. The van der Waals surface area contributed by atoms with Crippen molar-refractivity contribution in [2.75, 3.05) is 45.7 Å². The molecule has 0 bridgehead atoms. The van der Waals surface area contributed by atoms with Crippen LogP contribution in [0.1, 0.15) is 36.0 Å². The number of nitrogens with one attached hydrogen (secondary N) is 1. The van der Waals surface area contributed by atoms with Crippen molar-refractivity contribution in [3.05, 3.63) is 59.9 Å². The van der Waals surface area contributed by atoms with Crippen molar-refractivity contribution >= 4 is 17.5 Å². The predicted molar refractivity (Wildman–Crippen MR) is 124 cm³/mol. The van der Waals surface area contributed by atoms with E-state index in [0.29, 0.717) is 35.9 Å². The highest BCUT2D eigenvalue weighted by Gasteiger charge is 2.21. The number of halogens is 1. The molecular formula is C25H32FN3O3. The van der Waals surface area contributed by atoms with Crippen LogP contribution in [0.4, 0.5) is 14.9 Å². The van der Waals surface area contributed by atoms with Crippen molar-refractivity contribution in [3.63, 3.8) is 0 Å². The third-order valence-electron chi connectivity index (χ3n) is 5.66. The Morgan fingerprint density at radius 3 is 2.66 bits per heavy atom. The summed E-state index contributed by atoms with van der Waals surface area (Å²) in [5, 5.41) is 2.86. The van der Waals surface area contributed by atoms with Gasteiger partial charge >= 0.3 is 6.03 Å². The molecule has 6 nitrogen and oxygen atoms in total. The Hall–Kier alpha value is -2.93. The van der Waals surface area contributed by atoms with Crippen LogP contribution in [0, 0.1) is 11.7 Å². The minimum absolute atomic E-state index is 0.0540. The number of para-hydroxylation sites is 2. The summed E-state index contributed by atoms with van der Waals surface area (Å²) in [6, 6.07) is 13.0. The molecule has 1 aliphatic heterocycles. The van der Waals surface area contributed by atoms with E-state index in [-0.39, 0.29) is 17.6 Å². The van der Waals surface area contributed by atoms with Crippen LogP contribution in [0.15, 0.2) is 48.5 Å². The summed E-state index contributed by atoms with van der Waals surface area (Å²) in [6.07, 6.45) is 3.43. The predicted octanol–water partition coefficient (Wildman–Crippen LogP) is 4.67. The third kappa shape index (κ3) is 7.05. The first-order valence-corrected chi connectivity index (χ1v) is 11.1. The SMILES string of the molecule is CN(C)C(=O)Nc1ccccc1OCC1CCCN(CCCC(=O)c2ccc(F)cc2)C1. The maximum absolute atomic E-state index is 13.0. The number of urea groups is 1. The number of hydrogen-bond acceptors (Lipinski definition) is 4. The fraction of sp³-hybridized carbons (Fsp3) is 0.440. The number of ketones is 1. The van der Waals surface area contributed by atoms with Gasteiger partial charge in [-0.3, -0.25) is 4.79 Å². The quantitative estimate of drug-likeness (QED) is 0.575. The van der Waals surface area contributed by atoms with Gasteiger partial charge in [-0.2, -0.15) is 0 Å². The Morgan fingerprint density at radius 2 is 1.91 bits per heavy atom. The Kier molecular flexibility index (Phi) is 8.62. The molecule has 7 heteroatoms. The first-order valence-electron chi connectivity index (χ1n) is 11.1. The van der Waals surface area contributed by atoms with Crippen LogP contribution in [-0.2, 0) is 0 Å². The molecule has 1 N–H and O–H groups in total. The number of rotatable bonds is 9. The molecular weight excluding hydrogens is 409 g/mol. The van der Waals surface area contributed by atoms with E-state index >= 15 is 0 Å². The number of nitrogens with zero attached hydrogens (tertiary/aromatic N) is 2. The smallest absolute Gasteiger partial charge is 0.321 e. The molecule has 1 saturated heterocycles. The molecule has 1 atom stereocenters. The van der Waals surface area contributed by atoms with Crippen LogP contribution in [-0.4, -0.2) is 62.0 Å². The van der Waals surface area contributed by atoms with Crippen molar-refractivity contribution < 1.29 is 18.7 Å². The number of likely N-dealkylation sites (tertiary alicyclic amines) is 1. The molecule has 2 aromatic carbocycles. The summed E-state index contributed by atoms with van der Waals surface area (Å²) in [5.41, 5.74) is 1.23. The second-order valence-electron chi connectivity index (χ2n) is 8.47. The van der Waals surface area contributed by atoms with Crippen LogP contribution in [0.5, 0.6) is 5.75 Å². The number of hydrogen-bond donors (Lipinski definition) is 1. The van der Waals surface area contributed by atoms with Crippen LogP contribution in [0.3, 0.4) is 0 Å². The van der Waals surface area contributed by atoms with Gasteiger partial charge in [0.15, 0.2) is 5.78 Å². The number of anilines is 1. The van der Waals surface area contributed by atoms with E-state index in [0.717, 1.165) is 38.9 Å². The van der Waals surface area contributed by atoms with Crippen LogP contribution < -0.4 is 10.1 Å².